The van der Waals surface area contributed by atoms with Gasteiger partial charge in [0.15, 0.2) is 5.78 Å². The first-order chi connectivity index (χ1) is 7.54. The van der Waals surface area contributed by atoms with Crippen LogP contribution in [-0.2, 0) is 10.8 Å². The lowest BCUT2D eigenvalue weighted by Gasteiger charge is -2.07. The lowest BCUT2D eigenvalue weighted by Crippen LogP contribution is -2.19. The molecule has 0 bridgehead atoms. The third-order valence-electron chi connectivity index (χ3n) is 2.44. The van der Waals surface area contributed by atoms with Gasteiger partial charge in [-0.3, -0.25) is 9.00 Å². The van der Waals surface area contributed by atoms with Gasteiger partial charge < -0.3 is 0 Å². The Bertz CT molecular complexity index is 404. The number of rotatable bonds is 5. The van der Waals surface area contributed by atoms with Gasteiger partial charge in [-0.05, 0) is 18.6 Å². The summed E-state index contributed by atoms with van der Waals surface area (Å²) in [5.41, 5.74) is 0.289. The van der Waals surface area contributed by atoms with Gasteiger partial charge in [0.1, 0.15) is 5.82 Å². The van der Waals surface area contributed by atoms with Crippen LogP contribution < -0.4 is 0 Å². The number of benzene rings is 1. The Morgan fingerprint density at radius 1 is 1.50 bits per heavy atom. The third-order valence-corrected chi connectivity index (χ3v) is 4.22. The zero-order valence-electron chi connectivity index (χ0n) is 9.40. The first-order valence-corrected chi connectivity index (χ1v) is 6.58. The standard InChI is InChI=1S/C12H15FO2S/c1-3-9(2)16(15)8-12(14)10-5-4-6-11(13)7-10/h4-7,9H,3,8H2,1-2H3. The molecule has 1 rings (SSSR count). The lowest BCUT2D eigenvalue weighted by molar-refractivity contribution is 0.102. The molecular weight excluding hydrogens is 227 g/mol. The Morgan fingerprint density at radius 2 is 2.19 bits per heavy atom. The first kappa shape index (κ1) is 13.0. The average molecular weight is 242 g/mol. The molecule has 16 heavy (non-hydrogen) atoms. The van der Waals surface area contributed by atoms with Crippen molar-refractivity contribution in [2.75, 3.05) is 5.75 Å². The van der Waals surface area contributed by atoms with Gasteiger partial charge >= 0.3 is 0 Å². The van der Waals surface area contributed by atoms with Gasteiger partial charge in [0.2, 0.25) is 0 Å². The van der Waals surface area contributed by atoms with Gasteiger partial charge in [-0.1, -0.05) is 26.0 Å². The van der Waals surface area contributed by atoms with Crippen LogP contribution in [0.25, 0.3) is 0 Å². The number of carbonyl (C=O) groups excluding carboxylic acids is 1. The quantitative estimate of drug-likeness (QED) is 0.744. The maximum absolute atomic E-state index is 12.9. The van der Waals surface area contributed by atoms with Crippen molar-refractivity contribution >= 4 is 16.6 Å². The summed E-state index contributed by atoms with van der Waals surface area (Å²) in [6.45, 7) is 3.77. The minimum Gasteiger partial charge on any atom is -0.293 e. The van der Waals surface area contributed by atoms with E-state index in [2.05, 4.69) is 0 Å². The van der Waals surface area contributed by atoms with E-state index in [1.165, 1.54) is 18.2 Å². The predicted molar refractivity (Wildman–Crippen MR) is 63.5 cm³/mol. The maximum Gasteiger partial charge on any atom is 0.175 e. The average Bonchev–Trinajstić information content (AvgIpc) is 2.27. The van der Waals surface area contributed by atoms with Crippen molar-refractivity contribution in [2.24, 2.45) is 0 Å². The van der Waals surface area contributed by atoms with Crippen LogP contribution in [0.4, 0.5) is 4.39 Å². The topological polar surface area (TPSA) is 34.1 Å². The molecule has 0 fully saturated rings. The molecule has 0 saturated heterocycles. The molecule has 1 aromatic carbocycles. The van der Waals surface area contributed by atoms with Gasteiger partial charge in [-0.15, -0.1) is 0 Å². The van der Waals surface area contributed by atoms with Crippen LogP contribution in [0.1, 0.15) is 30.6 Å². The van der Waals surface area contributed by atoms with E-state index in [9.17, 15) is 13.4 Å². The summed E-state index contributed by atoms with van der Waals surface area (Å²) in [6.07, 6.45) is 0.767. The molecule has 0 spiro atoms. The van der Waals surface area contributed by atoms with Crippen molar-refractivity contribution in [3.8, 4) is 0 Å². The molecule has 88 valence electrons. The number of hydrogen-bond acceptors (Lipinski definition) is 2. The highest BCUT2D eigenvalue weighted by atomic mass is 32.2. The third kappa shape index (κ3) is 3.52. The Kier molecular flexibility index (Phi) is 4.80. The monoisotopic (exact) mass is 242 g/mol. The SMILES string of the molecule is CCC(C)S(=O)CC(=O)c1cccc(F)c1. The first-order valence-electron chi connectivity index (χ1n) is 5.20. The fraction of sp³-hybridized carbons (Fsp3) is 0.417. The summed E-state index contributed by atoms with van der Waals surface area (Å²) >= 11 is 0. The zero-order chi connectivity index (χ0) is 12.1. The Hall–Kier alpha value is -1.03. The van der Waals surface area contributed by atoms with Gasteiger partial charge in [0, 0.05) is 21.6 Å². The highest BCUT2D eigenvalue weighted by Crippen LogP contribution is 2.08. The van der Waals surface area contributed by atoms with Crippen molar-refractivity contribution in [1.82, 2.24) is 0 Å². The molecule has 0 N–H and O–H groups in total. The van der Waals surface area contributed by atoms with E-state index in [-0.39, 0.29) is 22.3 Å². The molecular formula is C12H15FO2S. The van der Waals surface area contributed by atoms with Crippen LogP contribution in [0.15, 0.2) is 24.3 Å². The zero-order valence-corrected chi connectivity index (χ0v) is 10.2. The minimum absolute atomic E-state index is 0.00231. The van der Waals surface area contributed by atoms with E-state index in [0.717, 1.165) is 6.42 Å². The van der Waals surface area contributed by atoms with Gasteiger partial charge in [0.25, 0.3) is 0 Å². The molecule has 2 nitrogen and oxygen atoms in total. The summed E-state index contributed by atoms with van der Waals surface area (Å²) in [6, 6.07) is 5.48. The molecule has 4 heteroatoms. The van der Waals surface area contributed by atoms with Gasteiger partial charge in [-0.25, -0.2) is 4.39 Å². The molecule has 0 saturated carbocycles. The Morgan fingerprint density at radius 3 is 2.75 bits per heavy atom. The summed E-state index contributed by atoms with van der Waals surface area (Å²) in [7, 11) is -1.17. The summed E-state index contributed by atoms with van der Waals surface area (Å²) < 4.78 is 24.5. The van der Waals surface area contributed by atoms with Crippen LogP contribution in [0.3, 0.4) is 0 Å². The van der Waals surface area contributed by atoms with E-state index in [0.29, 0.717) is 0 Å². The summed E-state index contributed by atoms with van der Waals surface area (Å²) in [5, 5.41) is -0.00231. The highest BCUT2D eigenvalue weighted by molar-refractivity contribution is 7.86. The number of hydrogen-bond donors (Lipinski definition) is 0. The van der Waals surface area contributed by atoms with Crippen LogP contribution in [0, 0.1) is 5.82 Å². The fourth-order valence-electron chi connectivity index (χ4n) is 1.20. The second-order valence-corrected chi connectivity index (χ2v) is 5.53. The van der Waals surface area contributed by atoms with Crippen molar-refractivity contribution in [1.29, 1.82) is 0 Å². The highest BCUT2D eigenvalue weighted by Gasteiger charge is 2.15. The number of halogens is 1. The Balaban J connectivity index is 2.69. The predicted octanol–water partition coefficient (Wildman–Crippen LogP) is 2.56. The lowest BCUT2D eigenvalue weighted by atomic mass is 10.1. The second-order valence-electron chi connectivity index (χ2n) is 3.68. The largest absolute Gasteiger partial charge is 0.293 e. The van der Waals surface area contributed by atoms with E-state index < -0.39 is 16.6 Å². The minimum atomic E-state index is -1.17. The van der Waals surface area contributed by atoms with E-state index in [1.54, 1.807) is 6.07 Å². The summed E-state index contributed by atoms with van der Waals surface area (Å²) in [5.74, 6) is -0.739. The molecule has 2 unspecified atom stereocenters. The van der Waals surface area contributed by atoms with Crippen molar-refractivity contribution in [3.05, 3.63) is 35.6 Å². The van der Waals surface area contributed by atoms with Crippen molar-refractivity contribution < 1.29 is 13.4 Å². The van der Waals surface area contributed by atoms with E-state index in [1.807, 2.05) is 13.8 Å². The van der Waals surface area contributed by atoms with E-state index >= 15 is 0 Å². The van der Waals surface area contributed by atoms with Crippen LogP contribution in [0.5, 0.6) is 0 Å². The second kappa shape index (κ2) is 5.89. The number of Topliss-reactive ketones (excluding diaryl/α,β-unsaturated/α-hetero) is 1. The molecule has 0 aliphatic heterocycles. The molecule has 2 atom stereocenters. The van der Waals surface area contributed by atoms with E-state index in [4.69, 9.17) is 0 Å². The number of carbonyl (C=O) groups is 1. The normalized spacial score (nSPS) is 14.4. The van der Waals surface area contributed by atoms with Crippen LogP contribution >= 0.6 is 0 Å². The Labute approximate surface area is 97.3 Å². The van der Waals surface area contributed by atoms with Crippen LogP contribution in [0.2, 0.25) is 0 Å². The van der Waals surface area contributed by atoms with Gasteiger partial charge in [0.05, 0.1) is 5.75 Å². The maximum atomic E-state index is 12.9. The molecule has 0 aliphatic carbocycles. The molecule has 1 aromatic rings. The van der Waals surface area contributed by atoms with Crippen molar-refractivity contribution in [3.63, 3.8) is 0 Å². The fourth-order valence-corrected chi connectivity index (χ4v) is 2.28. The molecule has 0 amide bonds. The molecule has 0 radical (unpaired) electrons. The molecule has 0 heterocycles. The number of ketones is 1. The molecule has 0 aromatic heterocycles. The van der Waals surface area contributed by atoms with Crippen molar-refractivity contribution in [2.45, 2.75) is 25.5 Å². The molecule has 0 aliphatic rings. The van der Waals surface area contributed by atoms with Gasteiger partial charge in [-0.2, -0.15) is 0 Å². The summed E-state index contributed by atoms with van der Waals surface area (Å²) in [4.78, 5) is 11.7. The smallest absolute Gasteiger partial charge is 0.175 e. The van der Waals surface area contributed by atoms with Crippen LogP contribution in [-0.4, -0.2) is 21.0 Å².